The molecule has 17 rings (SSSR count). The second-order valence-electron chi connectivity index (χ2n) is 23.0. The Labute approximate surface area is 496 Å². The van der Waals surface area contributed by atoms with E-state index in [-0.39, 0.29) is 26.5 Å². The minimum atomic E-state index is -0.493. The van der Waals surface area contributed by atoms with Crippen LogP contribution in [0.15, 0.2) is 249 Å². The maximum Gasteiger partial charge on any atom is 0.268 e. The third kappa shape index (κ3) is 7.11. The molecule has 83 heavy (non-hydrogen) atoms. The van der Waals surface area contributed by atoms with E-state index < -0.39 is 5.41 Å². The molecule has 0 unspecified atom stereocenters. The Balaban J connectivity index is 0.00000565. The number of hydrogen-bond donors (Lipinski definition) is 0. The smallest absolute Gasteiger partial charge is 0.268 e. The fourth-order valence-electron chi connectivity index (χ4n) is 14.0. The van der Waals surface area contributed by atoms with Crippen LogP contribution in [0.2, 0.25) is 0 Å². The number of rotatable bonds is 5. The van der Waals surface area contributed by atoms with Crippen LogP contribution in [0.25, 0.3) is 117 Å². The van der Waals surface area contributed by atoms with Crippen molar-refractivity contribution >= 4 is 32.8 Å². The molecule has 1 spiro atoms. The Bertz CT molecular complexity index is 4970. The largest absolute Gasteiger partial charge is 0.510 e. The zero-order chi connectivity index (χ0) is 54.4. The first kappa shape index (κ1) is 49.2. The number of aromatic nitrogens is 4. The summed E-state index contributed by atoms with van der Waals surface area (Å²) in [7, 11) is 0. The number of pyridine rings is 1. The van der Waals surface area contributed by atoms with Crippen LogP contribution in [0, 0.1) is 18.5 Å². The van der Waals surface area contributed by atoms with Crippen molar-refractivity contribution in [2.45, 2.75) is 31.6 Å². The number of hydrogen-bond acceptors (Lipinski definition) is 2. The summed E-state index contributed by atoms with van der Waals surface area (Å²) in [5.41, 5.74) is 26.0. The first-order chi connectivity index (χ1) is 40.3. The summed E-state index contributed by atoms with van der Waals surface area (Å²) in [5, 5.41) is 2.21. The SMILES string of the molecule is CC(C)(C)c1ccnc(-n2c3[c-]c(Oc4[c-]c(-n5[c-][n+]6c7c(cccc75)-c5ccccc5-c5ccccc5-c5cccc(-c7ccc8c(c7)C7(c9ccccc9-c9ccccc97)c7ccccc7-8)c5-6)ccc4)ccc3c3ccccc32)c1.[Pt]. The number of ether oxygens (including phenoxy) is 1. The van der Waals surface area contributed by atoms with Gasteiger partial charge >= 0.3 is 0 Å². The average molecular weight is 1240 g/mol. The van der Waals surface area contributed by atoms with E-state index in [1.165, 1.54) is 61.2 Å². The molecule has 0 amide bonds. The zero-order valence-electron chi connectivity index (χ0n) is 45.7. The monoisotopic (exact) mass is 1240 g/mol. The van der Waals surface area contributed by atoms with E-state index in [4.69, 9.17) is 9.72 Å². The van der Waals surface area contributed by atoms with Crippen LogP contribution in [0.3, 0.4) is 0 Å². The molecule has 0 bridgehead atoms. The summed E-state index contributed by atoms with van der Waals surface area (Å²) in [6.45, 7) is 6.70. The Kier molecular flexibility index (Phi) is 10.9. The molecule has 3 aliphatic rings. The molecule has 1 aliphatic heterocycles. The minimum absolute atomic E-state index is 0. The van der Waals surface area contributed by atoms with Crippen LogP contribution in [-0.2, 0) is 31.9 Å². The molecule has 0 fully saturated rings. The average Bonchev–Trinajstić information content (AvgIpc) is 1.87. The number of fused-ring (bicyclic) bond motifs is 20. The third-order valence-corrected chi connectivity index (χ3v) is 17.6. The molecule has 0 N–H and O–H groups in total. The van der Waals surface area contributed by atoms with Crippen molar-refractivity contribution in [1.29, 1.82) is 0 Å². The number of nitrogens with zero attached hydrogens (tertiary/aromatic N) is 4. The second-order valence-corrected chi connectivity index (χ2v) is 23.0. The molecule has 0 radical (unpaired) electrons. The summed E-state index contributed by atoms with van der Waals surface area (Å²) in [6, 6.07) is 96.0. The van der Waals surface area contributed by atoms with Gasteiger partial charge in [0.25, 0.3) is 6.33 Å². The van der Waals surface area contributed by atoms with Crippen molar-refractivity contribution in [3.8, 4) is 95.5 Å². The van der Waals surface area contributed by atoms with Crippen LogP contribution >= 0.6 is 0 Å². The summed E-state index contributed by atoms with van der Waals surface area (Å²) in [4.78, 5) is 4.92. The topological polar surface area (TPSA) is 35.9 Å². The van der Waals surface area contributed by atoms with Gasteiger partial charge in [-0.3, -0.25) is 4.57 Å². The fraction of sp³-hybridized carbons (Fsp3) is 0.0649. The van der Waals surface area contributed by atoms with Gasteiger partial charge in [-0.15, -0.1) is 29.7 Å². The van der Waals surface area contributed by atoms with Gasteiger partial charge in [0.1, 0.15) is 5.82 Å². The van der Waals surface area contributed by atoms with Crippen molar-refractivity contribution in [3.63, 3.8) is 0 Å². The van der Waals surface area contributed by atoms with Gasteiger partial charge in [0.05, 0.1) is 22.1 Å². The molecule has 2 aliphatic carbocycles. The summed E-state index contributed by atoms with van der Waals surface area (Å²) in [5.74, 6) is 1.98. The van der Waals surface area contributed by atoms with Gasteiger partial charge in [-0.2, -0.15) is 18.2 Å². The number of benzene rings is 11. The second kappa shape index (κ2) is 18.4. The van der Waals surface area contributed by atoms with E-state index in [0.29, 0.717) is 11.5 Å². The van der Waals surface area contributed by atoms with E-state index in [0.717, 1.165) is 83.4 Å². The van der Waals surface area contributed by atoms with E-state index in [1.807, 2.05) is 24.4 Å². The standard InChI is InChI=1S/C77H50N4O.Pt/c1-76(2,3)49-41-42-78-73(44-49)81-70-35-15-11-28-62(70)63-40-38-52(46-72(63)81)82-51-20-16-19-50(45-51)79-47-80-74-53(29-17-30-64(74)56-23-6-4-21-54(56)55-22-5-7-24-57(55)65-31-18-36-71(79)75(65)80)48-37-39-61-60-27-10-14-34-68(60)77(69(61)43-48)66-32-12-8-25-58(66)59-26-9-13-33-67(59)77;/h4-44H,1-3H3;/q-2;. The molecule has 3 aromatic heterocycles. The molecule has 0 saturated heterocycles. The summed E-state index contributed by atoms with van der Waals surface area (Å²) < 4.78 is 13.5. The maximum absolute atomic E-state index is 6.83. The third-order valence-electron chi connectivity index (χ3n) is 17.6. The molecule has 11 aromatic carbocycles. The maximum atomic E-state index is 6.83. The molecule has 396 valence electrons. The van der Waals surface area contributed by atoms with Gasteiger partial charge in [0.2, 0.25) is 0 Å². The molecule has 0 atom stereocenters. The van der Waals surface area contributed by atoms with Crippen molar-refractivity contribution in [2.24, 2.45) is 0 Å². The predicted molar refractivity (Wildman–Crippen MR) is 330 cm³/mol. The molecule has 6 heteroatoms. The van der Waals surface area contributed by atoms with Crippen LogP contribution in [0.1, 0.15) is 48.6 Å². The van der Waals surface area contributed by atoms with E-state index in [9.17, 15) is 0 Å². The van der Waals surface area contributed by atoms with Crippen LogP contribution in [0.5, 0.6) is 11.5 Å². The van der Waals surface area contributed by atoms with E-state index in [2.05, 4.69) is 277 Å². The molecular formula is C77H50N4OPt-2. The van der Waals surface area contributed by atoms with Crippen molar-refractivity contribution in [2.75, 3.05) is 0 Å². The Hall–Kier alpha value is -9.67. The van der Waals surface area contributed by atoms with E-state index in [1.54, 1.807) is 0 Å². The predicted octanol–water partition coefficient (Wildman–Crippen LogP) is 18.2. The molecule has 4 heterocycles. The molecule has 14 aromatic rings. The number of para-hydroxylation sites is 3. The van der Waals surface area contributed by atoms with Gasteiger partial charge in [0, 0.05) is 44.3 Å². The van der Waals surface area contributed by atoms with Gasteiger partial charge in [-0.1, -0.05) is 214 Å². The molecule has 0 saturated carbocycles. The summed E-state index contributed by atoms with van der Waals surface area (Å²) in [6.07, 6.45) is 5.92. The van der Waals surface area contributed by atoms with E-state index >= 15 is 0 Å². The first-order valence-electron chi connectivity index (χ1n) is 28.2. The zero-order valence-corrected chi connectivity index (χ0v) is 48.0. The van der Waals surface area contributed by atoms with Crippen LogP contribution in [0.4, 0.5) is 0 Å². The van der Waals surface area contributed by atoms with Crippen molar-refractivity contribution in [3.05, 3.63) is 295 Å². The normalized spacial score (nSPS) is 13.0. The Morgan fingerprint density at radius 2 is 0.988 bits per heavy atom. The van der Waals surface area contributed by atoms with Gasteiger partial charge < -0.3 is 13.9 Å². The Morgan fingerprint density at radius 1 is 0.446 bits per heavy atom. The van der Waals surface area contributed by atoms with Crippen molar-refractivity contribution < 1.29 is 30.4 Å². The van der Waals surface area contributed by atoms with Crippen molar-refractivity contribution in [1.82, 2.24) is 14.1 Å². The molecular weight excluding hydrogens is 1190 g/mol. The summed E-state index contributed by atoms with van der Waals surface area (Å²) >= 11 is 0. The first-order valence-corrected chi connectivity index (χ1v) is 28.2. The van der Waals surface area contributed by atoms with Crippen LogP contribution in [-0.4, -0.2) is 14.1 Å². The quantitative estimate of drug-likeness (QED) is 0.127. The fourth-order valence-corrected chi connectivity index (χ4v) is 14.0. The molecule has 5 nitrogen and oxygen atoms in total. The van der Waals surface area contributed by atoms with Gasteiger partial charge in [0.15, 0.2) is 0 Å². The van der Waals surface area contributed by atoms with Gasteiger partial charge in [-0.05, 0) is 135 Å². The van der Waals surface area contributed by atoms with Crippen LogP contribution < -0.4 is 9.30 Å². The number of imidazole rings is 1. The van der Waals surface area contributed by atoms with Gasteiger partial charge in [-0.25, -0.2) is 4.98 Å². The minimum Gasteiger partial charge on any atom is -0.510 e. The Morgan fingerprint density at radius 3 is 1.69 bits per heavy atom.